The molecule has 2 aliphatic rings. The number of hydrogen-bond donors (Lipinski definition) is 3. The summed E-state index contributed by atoms with van der Waals surface area (Å²) in [6.07, 6.45) is 11.1. The predicted octanol–water partition coefficient (Wildman–Crippen LogP) is 4.12. The molecule has 1 aromatic carbocycles. The maximum absolute atomic E-state index is 13.9. The van der Waals surface area contributed by atoms with Gasteiger partial charge in [0.25, 0.3) is 5.56 Å². The third-order valence-corrected chi connectivity index (χ3v) is 8.73. The molecule has 0 aliphatic carbocycles. The Bertz CT molecular complexity index is 1620. The van der Waals surface area contributed by atoms with Crippen LogP contribution in [0.2, 0.25) is 0 Å². The highest BCUT2D eigenvalue weighted by Crippen LogP contribution is 2.25. The summed E-state index contributed by atoms with van der Waals surface area (Å²) in [5.74, 6) is 0.912. The van der Waals surface area contributed by atoms with Crippen LogP contribution in [0, 0.1) is 0 Å². The minimum atomic E-state index is -0.105. The fourth-order valence-corrected chi connectivity index (χ4v) is 5.72. The number of anilines is 3. The number of pyridine rings is 2. The third-order valence-electron chi connectivity index (χ3n) is 7.92. The number of hydrogen-bond acceptors (Lipinski definition) is 10. The maximum Gasteiger partial charge on any atom is 0.261 e. The smallest absolute Gasteiger partial charge is 0.261 e. The second-order valence-electron chi connectivity index (χ2n) is 10.9. The van der Waals surface area contributed by atoms with Crippen molar-refractivity contribution in [1.29, 1.82) is 0 Å². The summed E-state index contributed by atoms with van der Waals surface area (Å²) in [5, 5.41) is 11.0. The minimum absolute atomic E-state index is 0.105. The van der Waals surface area contributed by atoms with Gasteiger partial charge in [-0.3, -0.25) is 18.7 Å². The first kappa shape index (κ1) is 28.2. The number of benzene rings is 1. The Labute approximate surface area is 250 Å². The third kappa shape index (κ3) is 6.28. The topological polar surface area (TPSA) is 103 Å². The monoisotopic (exact) mass is 583 g/mol. The number of fused-ring (bicyclic) bond motifs is 1. The molecule has 5 heterocycles. The molecule has 2 unspecified atom stereocenters. The molecule has 0 amide bonds. The molecule has 6 rings (SSSR count). The van der Waals surface area contributed by atoms with Crippen LogP contribution in [0.1, 0.15) is 17.9 Å². The molecule has 1 fully saturated rings. The molecular weight excluding hydrogens is 546 g/mol. The van der Waals surface area contributed by atoms with E-state index < -0.39 is 0 Å². The Hall–Kier alpha value is -3.93. The average Bonchev–Trinajstić information content (AvgIpc) is 3.70. The van der Waals surface area contributed by atoms with E-state index in [4.69, 9.17) is 9.97 Å². The molecule has 218 valence electrons. The van der Waals surface area contributed by atoms with E-state index in [2.05, 4.69) is 55.5 Å². The lowest BCUT2D eigenvalue weighted by Crippen LogP contribution is -2.28. The first-order chi connectivity index (χ1) is 20.5. The van der Waals surface area contributed by atoms with E-state index in [1.54, 1.807) is 22.7 Å². The summed E-state index contributed by atoms with van der Waals surface area (Å²) in [7, 11) is 4.08. The van der Waals surface area contributed by atoms with Crippen molar-refractivity contribution < 1.29 is 0 Å². The first-order valence-corrected chi connectivity index (χ1v) is 15.5. The van der Waals surface area contributed by atoms with E-state index in [1.165, 1.54) is 5.56 Å². The fourth-order valence-electron chi connectivity index (χ4n) is 5.46. The van der Waals surface area contributed by atoms with Crippen LogP contribution in [0.4, 0.5) is 17.3 Å². The van der Waals surface area contributed by atoms with Gasteiger partial charge in [-0.2, -0.15) is 4.98 Å². The molecule has 0 radical (unpaired) electrons. The number of nitrogens with zero attached hydrogens (tertiary/aromatic N) is 6. The Morgan fingerprint density at radius 1 is 1.12 bits per heavy atom. The molecule has 42 heavy (non-hydrogen) atoms. The van der Waals surface area contributed by atoms with E-state index >= 15 is 0 Å². The molecule has 3 aromatic heterocycles. The number of rotatable bonds is 10. The average molecular weight is 584 g/mol. The van der Waals surface area contributed by atoms with Gasteiger partial charge in [-0.05, 0) is 86.4 Å². The Kier molecular flexibility index (Phi) is 8.41. The van der Waals surface area contributed by atoms with Crippen molar-refractivity contribution in [2.75, 3.05) is 57.2 Å². The van der Waals surface area contributed by atoms with Crippen LogP contribution in [-0.4, -0.2) is 81.3 Å². The summed E-state index contributed by atoms with van der Waals surface area (Å²) in [6, 6.07) is 14.3. The second-order valence-corrected chi connectivity index (χ2v) is 11.9. The summed E-state index contributed by atoms with van der Waals surface area (Å²) >= 11 is 1.63. The molecule has 3 N–H and O–H groups in total. The van der Waals surface area contributed by atoms with Crippen LogP contribution >= 0.6 is 11.9 Å². The molecule has 0 bridgehead atoms. The Morgan fingerprint density at radius 2 is 1.95 bits per heavy atom. The number of nitrogens with one attached hydrogen (secondary N) is 3. The van der Waals surface area contributed by atoms with Crippen molar-refractivity contribution in [3.05, 3.63) is 83.1 Å². The summed E-state index contributed by atoms with van der Waals surface area (Å²) in [4.78, 5) is 30.2. The zero-order valence-corrected chi connectivity index (χ0v) is 25.1. The largest absolute Gasteiger partial charge is 0.378 e. The van der Waals surface area contributed by atoms with Gasteiger partial charge in [-0.25, -0.2) is 4.98 Å². The fraction of sp³-hybridized carbons (Fsp3) is 0.355. The molecule has 1 saturated heterocycles. The summed E-state index contributed by atoms with van der Waals surface area (Å²) in [6.45, 7) is 4.13. The van der Waals surface area contributed by atoms with Gasteiger partial charge in [-0.15, -0.1) is 0 Å². The highest BCUT2D eigenvalue weighted by molar-refractivity contribution is 7.96. The van der Waals surface area contributed by atoms with E-state index in [0.717, 1.165) is 42.8 Å². The van der Waals surface area contributed by atoms with Gasteiger partial charge < -0.3 is 20.9 Å². The normalized spacial score (nSPS) is 18.3. The van der Waals surface area contributed by atoms with Gasteiger partial charge in [0, 0.05) is 62.4 Å². The Balaban J connectivity index is 1.27. The molecule has 11 heteroatoms. The standard InChI is InChI=1S/C31H37N9OS/c1-38-13-11-26(20-38)35-24-5-7-25(8-6-24)36-31-34-19-23-16-27(28-9-4-21(18-33-28)22-10-12-32-17-22)30(41)40(29(23)37-31)15-14-39(2)42-3/h4-9,11,13,16,18-19,22,26,32,35H,10,12,14-15,17,20H2,1-3H3,(H,34,36,37). The van der Waals surface area contributed by atoms with Crippen molar-refractivity contribution in [2.24, 2.45) is 0 Å². The van der Waals surface area contributed by atoms with E-state index in [-0.39, 0.29) is 5.56 Å². The van der Waals surface area contributed by atoms with Crippen LogP contribution in [0.5, 0.6) is 0 Å². The molecule has 4 aromatic rings. The summed E-state index contributed by atoms with van der Waals surface area (Å²) in [5.41, 5.74) is 4.84. The van der Waals surface area contributed by atoms with E-state index in [0.29, 0.717) is 47.9 Å². The van der Waals surface area contributed by atoms with Crippen molar-refractivity contribution in [3.63, 3.8) is 0 Å². The lowest BCUT2D eigenvalue weighted by Gasteiger charge is -2.17. The van der Waals surface area contributed by atoms with Crippen molar-refractivity contribution >= 4 is 40.3 Å². The highest BCUT2D eigenvalue weighted by atomic mass is 32.2. The van der Waals surface area contributed by atoms with Gasteiger partial charge in [0.2, 0.25) is 5.95 Å². The highest BCUT2D eigenvalue weighted by Gasteiger charge is 2.19. The lowest BCUT2D eigenvalue weighted by molar-refractivity contribution is 0.482. The molecular formula is C31H37N9OS. The van der Waals surface area contributed by atoms with Crippen LogP contribution in [0.15, 0.2) is 71.9 Å². The molecule has 2 atom stereocenters. The van der Waals surface area contributed by atoms with E-state index in [1.807, 2.05) is 55.9 Å². The molecule has 0 saturated carbocycles. The maximum atomic E-state index is 13.9. The summed E-state index contributed by atoms with van der Waals surface area (Å²) < 4.78 is 3.85. The molecule has 0 spiro atoms. The van der Waals surface area contributed by atoms with Crippen molar-refractivity contribution in [2.45, 2.75) is 24.9 Å². The van der Waals surface area contributed by atoms with Gasteiger partial charge in [0.05, 0.1) is 17.3 Å². The zero-order chi connectivity index (χ0) is 29.1. The van der Waals surface area contributed by atoms with Crippen molar-refractivity contribution in [3.8, 4) is 11.3 Å². The minimum Gasteiger partial charge on any atom is -0.378 e. The Morgan fingerprint density at radius 3 is 2.64 bits per heavy atom. The van der Waals surface area contributed by atoms with Crippen LogP contribution in [-0.2, 0) is 6.54 Å². The number of likely N-dealkylation sites (N-methyl/N-ethyl adjacent to an activating group) is 2. The van der Waals surface area contributed by atoms with Gasteiger partial charge in [0.1, 0.15) is 5.65 Å². The first-order valence-electron chi connectivity index (χ1n) is 14.3. The zero-order valence-electron chi connectivity index (χ0n) is 24.2. The van der Waals surface area contributed by atoms with Crippen LogP contribution in [0.25, 0.3) is 22.3 Å². The number of aromatic nitrogens is 4. The second kappa shape index (κ2) is 12.5. The lowest BCUT2D eigenvalue weighted by atomic mass is 9.99. The SMILES string of the molecule is CSN(C)CCn1c(=O)c(-c2ccc(C3CCNC3)cn2)cc2cnc(Nc3ccc(NC4C=CN(C)C4)cc3)nc21. The van der Waals surface area contributed by atoms with Crippen LogP contribution < -0.4 is 21.5 Å². The van der Waals surface area contributed by atoms with Gasteiger partial charge in [-0.1, -0.05) is 18.0 Å². The molecule has 10 nitrogen and oxygen atoms in total. The quantitative estimate of drug-likeness (QED) is 0.236. The van der Waals surface area contributed by atoms with Gasteiger partial charge in [0.15, 0.2) is 0 Å². The van der Waals surface area contributed by atoms with Gasteiger partial charge >= 0.3 is 0 Å². The molecule has 2 aliphatic heterocycles. The van der Waals surface area contributed by atoms with E-state index in [9.17, 15) is 4.79 Å². The van der Waals surface area contributed by atoms with Crippen molar-refractivity contribution in [1.82, 2.24) is 34.0 Å². The predicted molar refractivity (Wildman–Crippen MR) is 172 cm³/mol. The van der Waals surface area contributed by atoms with Crippen LogP contribution in [0.3, 0.4) is 0 Å².